The van der Waals surface area contributed by atoms with Gasteiger partial charge in [-0.1, -0.05) is 24.3 Å². The van der Waals surface area contributed by atoms with Crippen molar-refractivity contribution in [1.82, 2.24) is 9.88 Å². The average molecular weight is 513 g/mol. The summed E-state index contributed by atoms with van der Waals surface area (Å²) in [7, 11) is 0. The Morgan fingerprint density at radius 2 is 1.95 bits per heavy atom. The minimum Gasteiger partial charge on any atom is -0.481 e. The van der Waals surface area contributed by atoms with Crippen LogP contribution in [0.4, 0.5) is 0 Å². The molecule has 6 N–H and O–H groups in total. The number of H-pyrrole nitrogens is 1. The number of aromatic amines is 1. The summed E-state index contributed by atoms with van der Waals surface area (Å²) in [6.45, 7) is 3.68. The van der Waals surface area contributed by atoms with E-state index in [0.29, 0.717) is 18.7 Å². The van der Waals surface area contributed by atoms with E-state index in [4.69, 9.17) is 14.2 Å². The highest BCUT2D eigenvalue weighted by Crippen LogP contribution is 2.46. The van der Waals surface area contributed by atoms with Gasteiger partial charge in [-0.3, -0.25) is 4.79 Å². The minimum atomic E-state index is -1.66. The molecule has 1 aromatic carbocycles. The molecule has 1 amide bonds. The Bertz CT molecular complexity index is 1310. The van der Waals surface area contributed by atoms with Gasteiger partial charge in [0, 0.05) is 23.4 Å². The molecule has 1 fully saturated rings. The van der Waals surface area contributed by atoms with Gasteiger partial charge in [0.15, 0.2) is 6.29 Å². The molecule has 0 radical (unpaired) electrons. The van der Waals surface area contributed by atoms with E-state index in [-0.39, 0.29) is 11.5 Å². The van der Waals surface area contributed by atoms with Crippen LogP contribution in [0.1, 0.15) is 11.3 Å². The van der Waals surface area contributed by atoms with Gasteiger partial charge in [-0.25, -0.2) is 0 Å². The second-order valence-electron chi connectivity index (χ2n) is 9.66. The zero-order chi connectivity index (χ0) is 26.0. The van der Waals surface area contributed by atoms with E-state index in [1.807, 2.05) is 30.3 Å². The number of para-hydroxylation sites is 1. The SMILES string of the molecule is C=CC1C(OC2OC(CO)C(O)C(O)C2O)OC(O)=C2C(=O)N3CCc4c([nH]c5ccccc45)C3=CC21. The molecule has 196 valence electrons. The van der Waals surface area contributed by atoms with E-state index in [2.05, 4.69) is 11.6 Å². The number of aliphatic hydroxyl groups excluding tert-OH is 5. The van der Waals surface area contributed by atoms with E-state index in [1.54, 1.807) is 4.90 Å². The summed E-state index contributed by atoms with van der Waals surface area (Å²) in [6.07, 6.45) is -4.72. The summed E-state index contributed by atoms with van der Waals surface area (Å²) >= 11 is 0. The molecule has 0 bridgehead atoms. The lowest BCUT2D eigenvalue weighted by Crippen LogP contribution is -2.60. The van der Waals surface area contributed by atoms with Crippen LogP contribution >= 0.6 is 0 Å². The standard InChI is InChI=1S/C26H28N2O9/c1-2-11-14-9-16-19-13(12-5-3-4-6-15(12)27-19)7-8-28(16)23(33)18(14)24(34)36-25(11)37-26-22(32)21(31)20(30)17(10-29)35-26/h2-6,9,11,14,17,20-22,25-27,29-32,34H,1,7-8,10H2. The molecule has 8 atom stereocenters. The maximum atomic E-state index is 13.5. The summed E-state index contributed by atoms with van der Waals surface area (Å²) in [5.74, 6) is -2.35. The first-order chi connectivity index (χ1) is 17.8. The first-order valence-corrected chi connectivity index (χ1v) is 12.2. The monoisotopic (exact) mass is 512 g/mol. The summed E-state index contributed by atoms with van der Waals surface area (Å²) in [5.41, 5.74) is 3.66. The summed E-state index contributed by atoms with van der Waals surface area (Å²) in [4.78, 5) is 18.6. The Morgan fingerprint density at radius 1 is 1.16 bits per heavy atom. The van der Waals surface area contributed by atoms with E-state index in [1.165, 1.54) is 6.08 Å². The van der Waals surface area contributed by atoms with Crippen LogP contribution in [0.2, 0.25) is 0 Å². The highest BCUT2D eigenvalue weighted by Gasteiger charge is 2.50. The zero-order valence-electron chi connectivity index (χ0n) is 19.7. The van der Waals surface area contributed by atoms with Crippen LogP contribution < -0.4 is 0 Å². The van der Waals surface area contributed by atoms with Gasteiger partial charge in [0.05, 0.1) is 23.9 Å². The number of rotatable bonds is 4. The van der Waals surface area contributed by atoms with Crippen molar-refractivity contribution >= 4 is 22.5 Å². The predicted molar refractivity (Wildman–Crippen MR) is 128 cm³/mol. The number of aliphatic hydroxyl groups is 5. The third-order valence-electron chi connectivity index (χ3n) is 7.67. The van der Waals surface area contributed by atoms with Crippen molar-refractivity contribution in [2.45, 2.75) is 43.4 Å². The Labute approximate surface area is 211 Å². The Kier molecular flexibility index (Phi) is 5.86. The number of fused-ring (bicyclic) bond motifs is 6. The van der Waals surface area contributed by atoms with Crippen molar-refractivity contribution in [3.8, 4) is 0 Å². The maximum absolute atomic E-state index is 13.5. The fraction of sp³-hybridized carbons (Fsp3) is 0.423. The van der Waals surface area contributed by atoms with Crippen LogP contribution in [0.25, 0.3) is 16.6 Å². The predicted octanol–water partition coefficient (Wildman–Crippen LogP) is 0.268. The molecular weight excluding hydrogens is 484 g/mol. The Hall–Kier alpha value is -3.19. The number of carbonyl (C=O) groups is 1. The molecule has 6 rings (SSSR count). The smallest absolute Gasteiger partial charge is 0.288 e. The second kappa shape index (κ2) is 8.98. The molecule has 37 heavy (non-hydrogen) atoms. The summed E-state index contributed by atoms with van der Waals surface area (Å²) in [5, 5.41) is 51.9. The van der Waals surface area contributed by atoms with Gasteiger partial charge in [-0.15, -0.1) is 6.58 Å². The number of allylic oxidation sites excluding steroid dienone is 1. The van der Waals surface area contributed by atoms with Crippen molar-refractivity contribution in [3.05, 3.63) is 65.8 Å². The van der Waals surface area contributed by atoms with Crippen LogP contribution in [-0.4, -0.2) is 91.5 Å². The molecule has 5 heterocycles. The molecule has 4 aliphatic rings. The Balaban J connectivity index is 1.36. The zero-order valence-corrected chi connectivity index (χ0v) is 19.7. The number of amides is 1. The van der Waals surface area contributed by atoms with E-state index in [0.717, 1.165) is 22.2 Å². The van der Waals surface area contributed by atoms with Gasteiger partial charge >= 0.3 is 0 Å². The Morgan fingerprint density at radius 3 is 2.70 bits per heavy atom. The molecule has 1 aromatic heterocycles. The number of nitrogens with zero attached hydrogens (tertiary/aromatic N) is 1. The van der Waals surface area contributed by atoms with E-state index in [9.17, 15) is 30.3 Å². The molecule has 8 unspecified atom stereocenters. The van der Waals surface area contributed by atoms with Crippen molar-refractivity contribution in [2.24, 2.45) is 11.8 Å². The number of nitrogens with one attached hydrogen (secondary N) is 1. The van der Waals surface area contributed by atoms with Crippen molar-refractivity contribution < 1.29 is 44.5 Å². The van der Waals surface area contributed by atoms with E-state index >= 15 is 0 Å². The third-order valence-corrected chi connectivity index (χ3v) is 7.67. The normalized spacial score (nSPS) is 35.4. The van der Waals surface area contributed by atoms with Crippen molar-refractivity contribution in [1.29, 1.82) is 0 Å². The van der Waals surface area contributed by atoms with Crippen LogP contribution in [0.5, 0.6) is 0 Å². The fourth-order valence-electron chi connectivity index (χ4n) is 5.73. The van der Waals surface area contributed by atoms with Gasteiger partial charge in [0.1, 0.15) is 30.0 Å². The lowest BCUT2D eigenvalue weighted by Gasteiger charge is -2.45. The lowest BCUT2D eigenvalue weighted by atomic mass is 9.79. The van der Waals surface area contributed by atoms with Crippen LogP contribution in [0, 0.1) is 11.8 Å². The molecule has 2 aromatic rings. The van der Waals surface area contributed by atoms with Gasteiger partial charge in [-0.2, -0.15) is 0 Å². The van der Waals surface area contributed by atoms with Gasteiger partial charge < -0.3 is 49.6 Å². The molecule has 0 spiro atoms. The molecule has 4 aliphatic heterocycles. The van der Waals surface area contributed by atoms with Crippen LogP contribution in [0.3, 0.4) is 0 Å². The quantitative estimate of drug-likeness (QED) is 0.315. The highest BCUT2D eigenvalue weighted by atomic mass is 16.8. The van der Waals surface area contributed by atoms with Crippen molar-refractivity contribution in [2.75, 3.05) is 13.2 Å². The van der Waals surface area contributed by atoms with Gasteiger partial charge in [-0.05, 0) is 24.1 Å². The van der Waals surface area contributed by atoms with Crippen LogP contribution in [-0.2, 0) is 25.4 Å². The summed E-state index contributed by atoms with van der Waals surface area (Å²) in [6, 6.07) is 7.92. The fourth-order valence-corrected chi connectivity index (χ4v) is 5.73. The first kappa shape index (κ1) is 24.2. The summed E-state index contributed by atoms with van der Waals surface area (Å²) < 4.78 is 16.8. The number of ether oxygens (including phenoxy) is 3. The molecule has 0 saturated carbocycles. The highest BCUT2D eigenvalue weighted by molar-refractivity contribution is 6.04. The van der Waals surface area contributed by atoms with E-state index < -0.39 is 61.4 Å². The number of aromatic nitrogens is 1. The first-order valence-electron chi connectivity index (χ1n) is 12.2. The van der Waals surface area contributed by atoms with Crippen LogP contribution in [0.15, 0.2) is 54.5 Å². The largest absolute Gasteiger partial charge is 0.481 e. The third kappa shape index (κ3) is 3.62. The minimum absolute atomic E-state index is 0.0712. The van der Waals surface area contributed by atoms with Gasteiger partial charge in [0.2, 0.25) is 6.29 Å². The number of hydrogen-bond acceptors (Lipinski definition) is 9. The number of hydrogen-bond donors (Lipinski definition) is 6. The topological polar surface area (TPSA) is 165 Å². The molecule has 0 aliphatic carbocycles. The van der Waals surface area contributed by atoms with Gasteiger partial charge in [0.25, 0.3) is 11.9 Å². The number of carbonyl (C=O) groups excluding carboxylic acids is 1. The molecule has 11 heteroatoms. The lowest BCUT2D eigenvalue weighted by molar-refractivity contribution is -0.344. The second-order valence-corrected chi connectivity index (χ2v) is 9.66. The maximum Gasteiger partial charge on any atom is 0.288 e. The molecular formula is C26H28N2O9. The molecule has 11 nitrogen and oxygen atoms in total. The number of benzene rings is 1. The average Bonchev–Trinajstić information content (AvgIpc) is 3.28. The molecule has 1 saturated heterocycles. The van der Waals surface area contributed by atoms with Crippen molar-refractivity contribution in [3.63, 3.8) is 0 Å².